The number of hydrogen-bond donors (Lipinski definition) is 3. The molecule has 40 heavy (non-hydrogen) atoms. The van der Waals surface area contributed by atoms with Crippen LogP contribution in [0.4, 0.5) is 21.9 Å². The average Bonchev–Trinajstić information content (AvgIpc) is 3.49. The van der Waals surface area contributed by atoms with Crippen LogP contribution in [0.25, 0.3) is 0 Å². The zero-order valence-electron chi connectivity index (χ0n) is 22.3. The van der Waals surface area contributed by atoms with Crippen molar-refractivity contribution in [1.82, 2.24) is 5.32 Å². The van der Waals surface area contributed by atoms with Gasteiger partial charge in [-0.15, -0.1) is 0 Å². The third-order valence-corrected chi connectivity index (χ3v) is 8.25. The molecular weight excluding hydrogens is 547 g/mol. The molecule has 0 bridgehead atoms. The highest BCUT2D eigenvalue weighted by atomic mass is 35.5. The molecule has 3 aromatic carbocycles. The first-order chi connectivity index (χ1) is 19.4. The van der Waals surface area contributed by atoms with E-state index in [9.17, 15) is 9.59 Å². The topological polar surface area (TPSA) is 82.7 Å². The van der Waals surface area contributed by atoms with Crippen molar-refractivity contribution >= 4 is 52.2 Å². The summed E-state index contributed by atoms with van der Waals surface area (Å²) in [4.78, 5) is 28.4. The number of amides is 3. The van der Waals surface area contributed by atoms with Crippen LogP contribution in [-0.4, -0.2) is 44.3 Å². The van der Waals surface area contributed by atoms with Gasteiger partial charge in [0.15, 0.2) is 0 Å². The lowest BCUT2D eigenvalue weighted by Gasteiger charge is -2.35. The highest BCUT2D eigenvalue weighted by Gasteiger charge is 2.25. The van der Waals surface area contributed by atoms with Crippen molar-refractivity contribution in [2.75, 3.05) is 41.8 Å². The van der Waals surface area contributed by atoms with Gasteiger partial charge in [-0.25, -0.2) is 4.79 Å². The van der Waals surface area contributed by atoms with Crippen LogP contribution in [0.3, 0.4) is 0 Å². The first-order valence-corrected chi connectivity index (χ1v) is 14.6. The predicted octanol–water partition coefficient (Wildman–Crippen LogP) is 7.01. The minimum Gasteiger partial charge on any atom is -0.376 e. The first kappa shape index (κ1) is 28.3. The van der Waals surface area contributed by atoms with E-state index in [2.05, 4.69) is 45.1 Å². The molecule has 0 aromatic heterocycles. The molecule has 0 spiro atoms. The summed E-state index contributed by atoms with van der Waals surface area (Å²) in [6.07, 6.45) is 5.17. The van der Waals surface area contributed by atoms with Gasteiger partial charge in [-0.1, -0.05) is 53.5 Å². The molecule has 0 radical (unpaired) electrons. The van der Waals surface area contributed by atoms with E-state index in [-0.39, 0.29) is 12.0 Å². The van der Waals surface area contributed by atoms with Gasteiger partial charge in [0.1, 0.15) is 0 Å². The quantitative estimate of drug-likeness (QED) is 0.268. The van der Waals surface area contributed by atoms with Crippen LogP contribution in [0, 0.1) is 5.92 Å². The molecule has 3 N–H and O–H groups in total. The summed E-state index contributed by atoms with van der Waals surface area (Å²) in [7, 11) is 0. The standard InChI is InChI=1S/C31H34Cl2N4O3/c32-27-10-8-24(19-28(27)33)36-31(39)35-23-9-11-29(26(18-23)30(38)34-20-25-7-4-16-40-25)37-14-12-22(13-15-37)17-21-5-2-1-3-6-21/h1-3,5-6,8-11,18-19,22,25H,4,7,12-17,20H2,(H,34,38)(H2,35,36,39). The van der Waals surface area contributed by atoms with E-state index in [0.29, 0.717) is 39.4 Å². The molecule has 9 heteroatoms. The Labute approximate surface area is 245 Å². The molecule has 2 aliphatic heterocycles. The predicted molar refractivity (Wildman–Crippen MR) is 162 cm³/mol. The molecule has 7 nitrogen and oxygen atoms in total. The summed E-state index contributed by atoms with van der Waals surface area (Å²) in [5.41, 5.74) is 3.80. The van der Waals surface area contributed by atoms with Crippen molar-refractivity contribution in [1.29, 1.82) is 0 Å². The summed E-state index contributed by atoms with van der Waals surface area (Å²) in [6.45, 7) is 2.94. The summed E-state index contributed by atoms with van der Waals surface area (Å²) in [6, 6.07) is 20.5. The summed E-state index contributed by atoms with van der Waals surface area (Å²) in [5, 5.41) is 9.39. The fourth-order valence-electron chi connectivity index (χ4n) is 5.37. The Morgan fingerprint density at radius 1 is 0.875 bits per heavy atom. The van der Waals surface area contributed by atoms with Crippen LogP contribution < -0.4 is 20.9 Å². The summed E-state index contributed by atoms with van der Waals surface area (Å²) in [5.74, 6) is 0.437. The second-order valence-electron chi connectivity index (χ2n) is 10.4. The van der Waals surface area contributed by atoms with Gasteiger partial charge >= 0.3 is 6.03 Å². The Hall–Kier alpha value is -3.26. The Bertz CT molecular complexity index is 1320. The molecule has 1 atom stereocenters. The van der Waals surface area contributed by atoms with Gasteiger partial charge in [0.05, 0.1) is 21.7 Å². The van der Waals surface area contributed by atoms with Gasteiger partial charge in [0, 0.05) is 43.3 Å². The van der Waals surface area contributed by atoms with Crippen molar-refractivity contribution in [3.8, 4) is 0 Å². The van der Waals surface area contributed by atoms with Crippen molar-refractivity contribution in [3.63, 3.8) is 0 Å². The molecule has 3 amide bonds. The molecule has 2 heterocycles. The fourth-order valence-corrected chi connectivity index (χ4v) is 5.67. The lowest BCUT2D eigenvalue weighted by atomic mass is 9.89. The van der Waals surface area contributed by atoms with Crippen molar-refractivity contribution < 1.29 is 14.3 Å². The highest BCUT2D eigenvalue weighted by Crippen LogP contribution is 2.31. The molecule has 2 saturated heterocycles. The smallest absolute Gasteiger partial charge is 0.323 e. The van der Waals surface area contributed by atoms with Gasteiger partial charge < -0.3 is 25.6 Å². The SMILES string of the molecule is O=C(Nc1ccc(Cl)c(Cl)c1)Nc1ccc(N2CCC(Cc3ccccc3)CC2)c(C(=O)NCC2CCCO2)c1. The van der Waals surface area contributed by atoms with Crippen molar-refractivity contribution in [3.05, 3.63) is 87.9 Å². The second-order valence-corrected chi connectivity index (χ2v) is 11.2. The van der Waals surface area contributed by atoms with E-state index in [1.165, 1.54) is 5.56 Å². The number of halogens is 2. The third kappa shape index (κ3) is 7.47. The number of rotatable bonds is 8. The van der Waals surface area contributed by atoms with Crippen LogP contribution in [-0.2, 0) is 11.2 Å². The van der Waals surface area contributed by atoms with Crippen molar-refractivity contribution in [2.24, 2.45) is 5.92 Å². The monoisotopic (exact) mass is 580 g/mol. The number of nitrogens with one attached hydrogen (secondary N) is 3. The summed E-state index contributed by atoms with van der Waals surface area (Å²) >= 11 is 12.0. The van der Waals surface area contributed by atoms with Crippen LogP contribution in [0.15, 0.2) is 66.7 Å². The number of hydrogen-bond acceptors (Lipinski definition) is 4. The molecule has 3 aromatic rings. The lowest BCUT2D eigenvalue weighted by Crippen LogP contribution is -2.37. The number of carbonyl (C=O) groups excluding carboxylic acids is 2. The van der Waals surface area contributed by atoms with Gasteiger partial charge in [-0.2, -0.15) is 0 Å². The Kier molecular flexibility index (Phi) is 9.47. The molecule has 2 fully saturated rings. The zero-order valence-corrected chi connectivity index (χ0v) is 23.8. The lowest BCUT2D eigenvalue weighted by molar-refractivity contribution is 0.0858. The zero-order chi connectivity index (χ0) is 27.9. The number of carbonyl (C=O) groups is 2. The first-order valence-electron chi connectivity index (χ1n) is 13.8. The van der Waals surface area contributed by atoms with E-state index in [4.69, 9.17) is 27.9 Å². The van der Waals surface area contributed by atoms with Gasteiger partial charge in [-0.3, -0.25) is 4.79 Å². The maximum Gasteiger partial charge on any atom is 0.323 e. The molecular formula is C31H34Cl2N4O3. The van der Waals surface area contributed by atoms with E-state index < -0.39 is 6.03 Å². The number of anilines is 3. The maximum absolute atomic E-state index is 13.4. The van der Waals surface area contributed by atoms with Gasteiger partial charge in [-0.05, 0) is 80.0 Å². The number of benzene rings is 3. The maximum atomic E-state index is 13.4. The Morgan fingerprint density at radius 3 is 2.30 bits per heavy atom. The fraction of sp³-hybridized carbons (Fsp3) is 0.355. The Morgan fingerprint density at radius 2 is 1.60 bits per heavy atom. The number of ether oxygens (including phenoxy) is 1. The van der Waals surface area contributed by atoms with Crippen LogP contribution >= 0.6 is 23.2 Å². The molecule has 210 valence electrons. The van der Waals surface area contributed by atoms with Crippen LogP contribution in [0.2, 0.25) is 10.0 Å². The summed E-state index contributed by atoms with van der Waals surface area (Å²) < 4.78 is 5.69. The van der Waals surface area contributed by atoms with E-state index in [0.717, 1.165) is 57.5 Å². The Balaban J connectivity index is 1.28. The second kappa shape index (κ2) is 13.4. The third-order valence-electron chi connectivity index (χ3n) is 7.51. The van der Waals surface area contributed by atoms with Gasteiger partial charge in [0.25, 0.3) is 5.91 Å². The molecule has 0 saturated carbocycles. The molecule has 5 rings (SSSR count). The molecule has 0 aliphatic carbocycles. The minimum absolute atomic E-state index is 0.0411. The molecule has 1 unspecified atom stereocenters. The minimum atomic E-state index is -0.446. The average molecular weight is 582 g/mol. The van der Waals surface area contributed by atoms with Gasteiger partial charge in [0.2, 0.25) is 0 Å². The van der Waals surface area contributed by atoms with Crippen LogP contribution in [0.1, 0.15) is 41.6 Å². The van der Waals surface area contributed by atoms with Crippen molar-refractivity contribution in [2.45, 2.75) is 38.2 Å². The highest BCUT2D eigenvalue weighted by molar-refractivity contribution is 6.42. The largest absolute Gasteiger partial charge is 0.376 e. The number of nitrogens with zero attached hydrogens (tertiary/aromatic N) is 1. The van der Waals surface area contributed by atoms with E-state index >= 15 is 0 Å². The molecule has 2 aliphatic rings. The van der Waals surface area contributed by atoms with E-state index in [1.54, 1.807) is 24.3 Å². The normalized spacial score (nSPS) is 17.4. The van der Waals surface area contributed by atoms with Crippen LogP contribution in [0.5, 0.6) is 0 Å². The number of piperidine rings is 1. The van der Waals surface area contributed by atoms with E-state index in [1.807, 2.05) is 18.2 Å². The number of urea groups is 1.